The Morgan fingerprint density at radius 3 is 2.61 bits per heavy atom. The molecule has 2 fully saturated rings. The fraction of sp³-hybridized carbons (Fsp3) is 0.579. The average Bonchev–Trinajstić information content (AvgIpc) is 2.85. The number of carbonyl (C=O) groups is 2. The largest absolute Gasteiger partial charge is 0.383 e. The van der Waals surface area contributed by atoms with Crippen LogP contribution in [0.25, 0.3) is 0 Å². The molecule has 1 unspecified atom stereocenters. The number of ether oxygens (including phenoxy) is 1. The van der Waals surface area contributed by atoms with Crippen LogP contribution in [-0.4, -0.2) is 85.7 Å². The third-order valence-corrected chi connectivity index (χ3v) is 5.21. The van der Waals surface area contributed by atoms with Crippen molar-refractivity contribution in [3.05, 3.63) is 29.8 Å². The van der Waals surface area contributed by atoms with Crippen LogP contribution in [0.5, 0.6) is 0 Å². The number of nitrogens with zero attached hydrogens (tertiary/aromatic N) is 3. The van der Waals surface area contributed by atoms with Gasteiger partial charge in [-0.1, -0.05) is 0 Å². The lowest BCUT2D eigenvalue weighted by atomic mass is 10.2. The van der Waals surface area contributed by atoms with Crippen molar-refractivity contribution in [1.29, 1.82) is 0 Å². The monoisotopic (exact) mass is 396 g/mol. The molecule has 9 heteroatoms. The first-order chi connectivity index (χ1) is 13.5. The molecule has 1 atom stereocenters. The number of likely N-dealkylation sites (tertiary alicyclic amines) is 1. The Morgan fingerprint density at radius 2 is 1.89 bits per heavy atom. The van der Waals surface area contributed by atoms with E-state index in [0.717, 1.165) is 44.1 Å². The number of rotatable bonds is 5. The quantitative estimate of drug-likeness (QED) is 0.824. The molecule has 1 N–H and O–H groups in total. The molecule has 2 aliphatic rings. The molecule has 28 heavy (non-hydrogen) atoms. The minimum absolute atomic E-state index is 0.0864. The van der Waals surface area contributed by atoms with Crippen molar-refractivity contribution in [2.24, 2.45) is 0 Å². The number of halogens is 2. The van der Waals surface area contributed by atoms with Crippen molar-refractivity contribution < 1.29 is 23.1 Å². The highest BCUT2D eigenvalue weighted by Gasteiger charge is 2.36. The van der Waals surface area contributed by atoms with Crippen LogP contribution in [-0.2, 0) is 9.53 Å². The van der Waals surface area contributed by atoms with E-state index in [1.807, 2.05) is 4.90 Å². The second-order valence-electron chi connectivity index (χ2n) is 7.09. The molecule has 1 aromatic carbocycles. The number of hydrogen-bond donors (Lipinski definition) is 1. The number of hydrogen-bond acceptors (Lipinski definition) is 4. The zero-order valence-corrected chi connectivity index (χ0v) is 16.0. The SMILES string of the molecule is COCCN1CCC(N2CCCN(C(=O)Nc3cc(F)cc(F)c3)CC2)C1=O. The summed E-state index contributed by atoms with van der Waals surface area (Å²) in [6, 6.07) is 2.37. The van der Waals surface area contributed by atoms with Gasteiger partial charge in [0.05, 0.1) is 12.6 Å². The fourth-order valence-corrected chi connectivity index (χ4v) is 3.77. The van der Waals surface area contributed by atoms with Gasteiger partial charge in [0.15, 0.2) is 0 Å². The normalized spacial score (nSPS) is 21.1. The maximum atomic E-state index is 13.3. The molecular weight excluding hydrogens is 370 g/mol. The third kappa shape index (κ3) is 4.96. The molecule has 0 aromatic heterocycles. The van der Waals surface area contributed by atoms with Crippen molar-refractivity contribution >= 4 is 17.6 Å². The summed E-state index contributed by atoms with van der Waals surface area (Å²) in [5.41, 5.74) is 0.0864. The third-order valence-electron chi connectivity index (χ3n) is 5.21. The number of methoxy groups -OCH3 is 1. The molecule has 3 amide bonds. The number of carbonyl (C=O) groups excluding carboxylic acids is 2. The lowest BCUT2D eigenvalue weighted by molar-refractivity contribution is -0.132. The van der Waals surface area contributed by atoms with Gasteiger partial charge in [-0.05, 0) is 25.0 Å². The van der Waals surface area contributed by atoms with Crippen LogP contribution in [0.2, 0.25) is 0 Å². The number of benzene rings is 1. The van der Waals surface area contributed by atoms with E-state index in [4.69, 9.17) is 4.74 Å². The van der Waals surface area contributed by atoms with Crippen LogP contribution in [0, 0.1) is 11.6 Å². The number of nitrogens with one attached hydrogen (secondary N) is 1. The van der Waals surface area contributed by atoms with Gasteiger partial charge in [0.2, 0.25) is 5.91 Å². The van der Waals surface area contributed by atoms with Crippen LogP contribution < -0.4 is 5.32 Å². The molecule has 3 rings (SSSR count). The topological polar surface area (TPSA) is 65.1 Å². The van der Waals surface area contributed by atoms with E-state index in [-0.39, 0.29) is 17.6 Å². The molecule has 2 saturated heterocycles. The van der Waals surface area contributed by atoms with E-state index in [0.29, 0.717) is 32.8 Å². The zero-order chi connectivity index (χ0) is 20.1. The Labute approximate surface area is 163 Å². The smallest absolute Gasteiger partial charge is 0.321 e. The van der Waals surface area contributed by atoms with Crippen LogP contribution >= 0.6 is 0 Å². The first-order valence-electron chi connectivity index (χ1n) is 9.51. The Balaban J connectivity index is 1.54. The lowest BCUT2D eigenvalue weighted by Crippen LogP contribution is -2.44. The summed E-state index contributed by atoms with van der Waals surface area (Å²) in [5.74, 6) is -1.37. The minimum atomic E-state index is -0.741. The van der Waals surface area contributed by atoms with Crippen molar-refractivity contribution in [3.63, 3.8) is 0 Å². The van der Waals surface area contributed by atoms with Crippen molar-refractivity contribution in [2.45, 2.75) is 18.9 Å². The second-order valence-corrected chi connectivity index (χ2v) is 7.09. The molecule has 2 aliphatic heterocycles. The highest BCUT2D eigenvalue weighted by molar-refractivity contribution is 5.89. The van der Waals surface area contributed by atoms with E-state index >= 15 is 0 Å². The van der Waals surface area contributed by atoms with E-state index in [1.165, 1.54) is 0 Å². The Kier molecular flexibility index (Phi) is 6.79. The standard InChI is InChI=1S/C19H26F2N4O3/c1-28-10-9-24-6-3-17(18(24)26)23-4-2-5-25(8-7-23)19(27)22-16-12-14(20)11-15(21)13-16/h11-13,17H,2-10H2,1H3,(H,22,27). The molecule has 0 radical (unpaired) electrons. The van der Waals surface area contributed by atoms with E-state index in [9.17, 15) is 18.4 Å². The van der Waals surface area contributed by atoms with Crippen LogP contribution in [0.1, 0.15) is 12.8 Å². The molecule has 7 nitrogen and oxygen atoms in total. The predicted molar refractivity (Wildman–Crippen MR) is 100 cm³/mol. The summed E-state index contributed by atoms with van der Waals surface area (Å²) in [7, 11) is 1.62. The number of urea groups is 1. The molecule has 0 spiro atoms. The van der Waals surface area contributed by atoms with Gasteiger partial charge in [-0.2, -0.15) is 0 Å². The van der Waals surface area contributed by atoms with Crippen LogP contribution in [0.4, 0.5) is 19.3 Å². The zero-order valence-electron chi connectivity index (χ0n) is 16.0. The number of anilines is 1. The van der Waals surface area contributed by atoms with E-state index < -0.39 is 17.7 Å². The van der Waals surface area contributed by atoms with Gasteiger partial charge in [-0.25, -0.2) is 13.6 Å². The predicted octanol–water partition coefficient (Wildman–Crippen LogP) is 1.75. The van der Waals surface area contributed by atoms with Crippen molar-refractivity contribution in [2.75, 3.05) is 58.3 Å². The maximum absolute atomic E-state index is 13.3. The Bertz CT molecular complexity index is 698. The number of amides is 3. The molecule has 154 valence electrons. The summed E-state index contributed by atoms with van der Waals surface area (Å²) in [5, 5.41) is 2.54. The summed E-state index contributed by atoms with van der Waals surface area (Å²) in [4.78, 5) is 30.6. The lowest BCUT2D eigenvalue weighted by Gasteiger charge is -2.26. The van der Waals surface area contributed by atoms with E-state index in [2.05, 4.69) is 10.2 Å². The van der Waals surface area contributed by atoms with Gasteiger partial charge in [0, 0.05) is 58.1 Å². The maximum Gasteiger partial charge on any atom is 0.321 e. The van der Waals surface area contributed by atoms with Gasteiger partial charge in [0.1, 0.15) is 11.6 Å². The van der Waals surface area contributed by atoms with Gasteiger partial charge in [0.25, 0.3) is 0 Å². The highest BCUT2D eigenvalue weighted by atomic mass is 19.1. The molecule has 0 saturated carbocycles. The van der Waals surface area contributed by atoms with Crippen molar-refractivity contribution in [1.82, 2.24) is 14.7 Å². The van der Waals surface area contributed by atoms with E-state index in [1.54, 1.807) is 12.0 Å². The highest BCUT2D eigenvalue weighted by Crippen LogP contribution is 2.20. The molecule has 0 bridgehead atoms. The van der Waals surface area contributed by atoms with Gasteiger partial charge in [-0.3, -0.25) is 9.69 Å². The summed E-state index contributed by atoms with van der Waals surface area (Å²) in [6.45, 7) is 4.12. The van der Waals surface area contributed by atoms with Gasteiger partial charge < -0.3 is 19.9 Å². The molecule has 0 aliphatic carbocycles. The average molecular weight is 396 g/mol. The summed E-state index contributed by atoms with van der Waals surface area (Å²) in [6.07, 6.45) is 1.50. The molecule has 1 aromatic rings. The van der Waals surface area contributed by atoms with Gasteiger partial charge >= 0.3 is 6.03 Å². The van der Waals surface area contributed by atoms with Crippen molar-refractivity contribution in [3.8, 4) is 0 Å². The Hall–Kier alpha value is -2.26. The van der Waals surface area contributed by atoms with Crippen LogP contribution in [0.3, 0.4) is 0 Å². The van der Waals surface area contributed by atoms with Gasteiger partial charge in [-0.15, -0.1) is 0 Å². The molecule has 2 heterocycles. The first-order valence-corrected chi connectivity index (χ1v) is 9.51. The summed E-state index contributed by atoms with van der Waals surface area (Å²) >= 11 is 0. The minimum Gasteiger partial charge on any atom is -0.383 e. The second kappa shape index (κ2) is 9.29. The van der Waals surface area contributed by atoms with Crippen LogP contribution in [0.15, 0.2) is 18.2 Å². The fourth-order valence-electron chi connectivity index (χ4n) is 3.77. The summed E-state index contributed by atoms with van der Waals surface area (Å²) < 4.78 is 31.7. The Morgan fingerprint density at radius 1 is 1.14 bits per heavy atom. The first kappa shape index (κ1) is 20.5. The molecular formula is C19H26F2N4O3.